The van der Waals surface area contributed by atoms with Gasteiger partial charge >= 0.3 is 9.28 Å². The molecule has 2 aromatic carbocycles. The Bertz CT molecular complexity index is 749. The summed E-state index contributed by atoms with van der Waals surface area (Å²) in [5.74, 6) is 1.21. The number of benzene rings is 2. The summed E-state index contributed by atoms with van der Waals surface area (Å²) >= 11 is 0. The predicted octanol–water partition coefficient (Wildman–Crippen LogP) is 6.63. The van der Waals surface area contributed by atoms with Gasteiger partial charge in [0.1, 0.15) is 11.5 Å². The van der Waals surface area contributed by atoms with Gasteiger partial charge in [0.2, 0.25) is 0 Å². The number of aryl methyl sites for hydroxylation is 1. The molecule has 5 heteroatoms. The average Bonchev–Trinajstić information content (AvgIpc) is 2.71. The summed E-state index contributed by atoms with van der Waals surface area (Å²) in [5, 5.41) is 10.1. The zero-order chi connectivity index (χ0) is 22.6. The lowest BCUT2D eigenvalue weighted by Gasteiger charge is -2.21. The molecule has 0 aliphatic heterocycles. The van der Waals surface area contributed by atoms with E-state index in [2.05, 4.69) is 46.8 Å². The van der Waals surface area contributed by atoms with Crippen molar-refractivity contribution in [3.8, 4) is 22.6 Å². The van der Waals surface area contributed by atoms with Gasteiger partial charge in [-0.05, 0) is 94.0 Å². The summed E-state index contributed by atoms with van der Waals surface area (Å²) in [7, 11) is -1.70. The van der Waals surface area contributed by atoms with E-state index in [1.54, 1.807) is 6.07 Å². The van der Waals surface area contributed by atoms with E-state index in [0.29, 0.717) is 5.75 Å². The van der Waals surface area contributed by atoms with Gasteiger partial charge in [-0.25, -0.2) is 0 Å². The molecule has 0 spiro atoms. The third kappa shape index (κ3) is 9.46. The van der Waals surface area contributed by atoms with Gasteiger partial charge in [-0.2, -0.15) is 0 Å². The van der Waals surface area contributed by atoms with Crippen LogP contribution in [0.3, 0.4) is 0 Å². The van der Waals surface area contributed by atoms with Gasteiger partial charge in [0, 0.05) is 12.2 Å². The van der Waals surface area contributed by atoms with Gasteiger partial charge < -0.3 is 18.7 Å². The topological polar surface area (TPSA) is 47.9 Å². The van der Waals surface area contributed by atoms with E-state index in [0.717, 1.165) is 54.4 Å². The molecule has 1 N–H and O–H groups in total. The Labute approximate surface area is 190 Å². The first kappa shape index (κ1) is 25.4. The summed E-state index contributed by atoms with van der Waals surface area (Å²) in [5.41, 5.74) is 3.45. The van der Waals surface area contributed by atoms with Gasteiger partial charge in [-0.3, -0.25) is 0 Å². The van der Waals surface area contributed by atoms with Crippen LogP contribution in [0.15, 0.2) is 42.5 Å². The maximum absolute atomic E-state index is 10.1. The average molecular weight is 445 g/mol. The molecule has 4 nitrogen and oxygen atoms in total. The van der Waals surface area contributed by atoms with Crippen molar-refractivity contribution in [2.75, 3.05) is 6.61 Å². The Hall–Kier alpha value is -1.82. The molecule has 0 fully saturated rings. The Morgan fingerprint density at radius 3 is 2.16 bits per heavy atom. The molecule has 0 saturated heterocycles. The molecule has 2 rings (SSSR count). The molecule has 2 aromatic rings. The van der Waals surface area contributed by atoms with Crippen LogP contribution in [0.1, 0.15) is 65.9 Å². The number of rotatable bonds is 14. The number of hydrogen-bond donors (Lipinski definition) is 1. The molecule has 0 bridgehead atoms. The van der Waals surface area contributed by atoms with Crippen molar-refractivity contribution in [3.05, 3.63) is 48.0 Å². The van der Waals surface area contributed by atoms with Crippen molar-refractivity contribution in [2.24, 2.45) is 0 Å². The summed E-state index contributed by atoms with van der Waals surface area (Å²) in [6.07, 6.45) is 5.72. The molecule has 0 aliphatic carbocycles. The summed E-state index contributed by atoms with van der Waals surface area (Å²) in [4.78, 5) is 0. The minimum atomic E-state index is -1.70. The lowest BCUT2D eigenvalue weighted by atomic mass is 9.96. The number of hydrogen-bond acceptors (Lipinski definition) is 4. The molecule has 0 aromatic heterocycles. The van der Waals surface area contributed by atoms with E-state index in [9.17, 15) is 5.11 Å². The maximum atomic E-state index is 10.1. The lowest BCUT2D eigenvalue weighted by molar-refractivity contribution is 0.129. The Kier molecular flexibility index (Phi) is 11.1. The number of phenolic OH excluding ortho intramolecular Hbond substituents is 1. The first-order valence-corrected chi connectivity index (χ1v) is 13.5. The van der Waals surface area contributed by atoms with Crippen LogP contribution in [-0.2, 0) is 15.3 Å². The number of phenols is 1. The fraction of sp³-hybridized carbons (Fsp3) is 0.538. The molecule has 31 heavy (non-hydrogen) atoms. The molecule has 0 amide bonds. The van der Waals surface area contributed by atoms with Gasteiger partial charge in [-0.15, -0.1) is 0 Å². The molecular formula is C26H40O4Si. The van der Waals surface area contributed by atoms with E-state index in [-0.39, 0.29) is 12.2 Å². The first-order valence-electron chi connectivity index (χ1n) is 11.7. The molecular weight excluding hydrogens is 404 g/mol. The van der Waals surface area contributed by atoms with E-state index in [4.69, 9.17) is 13.6 Å². The monoisotopic (exact) mass is 444 g/mol. The fourth-order valence-electron chi connectivity index (χ4n) is 3.58. The zero-order valence-corrected chi connectivity index (χ0v) is 21.0. The van der Waals surface area contributed by atoms with E-state index in [1.165, 1.54) is 12.8 Å². The SMILES string of the molecule is CCCCCOc1ccc(-c2ccc(O)cc2CCC[SiH](OC(C)C)OC(C)C)cc1. The second kappa shape index (κ2) is 13.6. The molecule has 0 radical (unpaired) electrons. The summed E-state index contributed by atoms with van der Waals surface area (Å²) < 4.78 is 17.9. The van der Waals surface area contributed by atoms with Crippen LogP contribution in [0.4, 0.5) is 0 Å². The van der Waals surface area contributed by atoms with Crippen LogP contribution < -0.4 is 4.74 Å². The minimum absolute atomic E-state index is 0.189. The van der Waals surface area contributed by atoms with E-state index >= 15 is 0 Å². The normalized spacial score (nSPS) is 11.6. The van der Waals surface area contributed by atoms with E-state index < -0.39 is 9.28 Å². The number of unbranched alkanes of at least 4 members (excludes halogenated alkanes) is 2. The smallest absolute Gasteiger partial charge is 0.321 e. The Morgan fingerprint density at radius 1 is 0.871 bits per heavy atom. The Morgan fingerprint density at radius 2 is 1.55 bits per heavy atom. The van der Waals surface area contributed by atoms with Crippen molar-refractivity contribution in [1.29, 1.82) is 0 Å². The highest BCUT2D eigenvalue weighted by Gasteiger charge is 2.17. The highest BCUT2D eigenvalue weighted by atomic mass is 28.3. The van der Waals surface area contributed by atoms with Crippen LogP contribution >= 0.6 is 0 Å². The van der Waals surface area contributed by atoms with Gasteiger partial charge in [-0.1, -0.05) is 38.0 Å². The van der Waals surface area contributed by atoms with Crippen molar-refractivity contribution < 1.29 is 18.7 Å². The lowest BCUT2D eigenvalue weighted by Crippen LogP contribution is -2.29. The first-order chi connectivity index (χ1) is 14.9. The van der Waals surface area contributed by atoms with Crippen LogP contribution in [0.2, 0.25) is 6.04 Å². The van der Waals surface area contributed by atoms with Crippen molar-refractivity contribution in [2.45, 2.75) is 85.0 Å². The predicted molar refractivity (Wildman–Crippen MR) is 131 cm³/mol. The van der Waals surface area contributed by atoms with Gasteiger partial charge in [0.15, 0.2) is 0 Å². The van der Waals surface area contributed by atoms with Crippen molar-refractivity contribution in [3.63, 3.8) is 0 Å². The largest absolute Gasteiger partial charge is 0.508 e. The van der Waals surface area contributed by atoms with Crippen LogP contribution in [-0.4, -0.2) is 33.2 Å². The molecule has 172 valence electrons. The third-order valence-electron chi connectivity index (χ3n) is 5.00. The zero-order valence-electron chi connectivity index (χ0n) is 19.9. The second-order valence-electron chi connectivity index (χ2n) is 8.61. The third-order valence-corrected chi connectivity index (χ3v) is 7.58. The Balaban J connectivity index is 2.03. The second-order valence-corrected chi connectivity index (χ2v) is 10.6. The van der Waals surface area contributed by atoms with Crippen LogP contribution in [0.5, 0.6) is 11.5 Å². The number of ether oxygens (including phenoxy) is 1. The minimum Gasteiger partial charge on any atom is -0.508 e. The van der Waals surface area contributed by atoms with Crippen LogP contribution in [0.25, 0.3) is 11.1 Å². The maximum Gasteiger partial charge on any atom is 0.321 e. The number of aromatic hydroxyl groups is 1. The van der Waals surface area contributed by atoms with Gasteiger partial charge in [0.05, 0.1) is 6.61 Å². The quantitative estimate of drug-likeness (QED) is 0.262. The van der Waals surface area contributed by atoms with Gasteiger partial charge in [0.25, 0.3) is 0 Å². The summed E-state index contributed by atoms with van der Waals surface area (Å²) in [6, 6.07) is 14.9. The van der Waals surface area contributed by atoms with Crippen molar-refractivity contribution in [1.82, 2.24) is 0 Å². The molecule has 0 aliphatic rings. The standard InChI is InChI=1S/C26H40O4Si/c1-6-7-8-17-28-25-14-11-22(12-15-25)26-16-13-24(27)19-23(26)10-9-18-31(29-20(2)3)30-21(4)5/h11-16,19-21,27,31H,6-10,17-18H2,1-5H3. The molecule has 0 atom stereocenters. The van der Waals surface area contributed by atoms with Crippen LogP contribution in [0, 0.1) is 0 Å². The fourth-order valence-corrected chi connectivity index (χ4v) is 5.66. The summed E-state index contributed by atoms with van der Waals surface area (Å²) in [6.45, 7) is 11.2. The molecule has 0 saturated carbocycles. The van der Waals surface area contributed by atoms with Crippen molar-refractivity contribution >= 4 is 9.28 Å². The highest BCUT2D eigenvalue weighted by Crippen LogP contribution is 2.30. The molecule has 0 unspecified atom stereocenters. The molecule has 0 heterocycles. The highest BCUT2D eigenvalue weighted by molar-refractivity contribution is 6.44. The van der Waals surface area contributed by atoms with E-state index in [1.807, 2.05) is 24.3 Å².